The zero-order valence-electron chi connectivity index (χ0n) is 11.9. The van der Waals surface area contributed by atoms with Gasteiger partial charge in [0.25, 0.3) is 0 Å². The molecule has 20 heavy (non-hydrogen) atoms. The molecule has 1 aromatic rings. The first kappa shape index (κ1) is 15.7. The minimum Gasteiger partial charge on any atom is -0.444 e. The van der Waals surface area contributed by atoms with Crippen LogP contribution in [-0.4, -0.2) is 24.0 Å². The molecule has 0 spiro atoms. The molecule has 0 radical (unpaired) electrons. The van der Waals surface area contributed by atoms with Crippen molar-refractivity contribution in [2.75, 3.05) is 6.54 Å². The Bertz CT molecular complexity index is 539. The van der Waals surface area contributed by atoms with E-state index in [0.29, 0.717) is 11.1 Å². The number of hydrogen-bond donors (Lipinski definition) is 1. The number of carbonyl (C=O) groups is 2. The summed E-state index contributed by atoms with van der Waals surface area (Å²) in [4.78, 5) is 23.3. The number of ether oxygens (including phenoxy) is 1. The summed E-state index contributed by atoms with van der Waals surface area (Å²) in [7, 11) is 0. The second-order valence-electron chi connectivity index (χ2n) is 5.29. The van der Waals surface area contributed by atoms with Gasteiger partial charge in [0.15, 0.2) is 5.78 Å². The van der Waals surface area contributed by atoms with E-state index in [2.05, 4.69) is 5.32 Å². The summed E-state index contributed by atoms with van der Waals surface area (Å²) in [6.45, 7) is 5.51. The summed E-state index contributed by atoms with van der Waals surface area (Å²) < 4.78 is 5.06. The molecule has 0 fully saturated rings. The number of nitriles is 1. The Kier molecular flexibility index (Phi) is 5.27. The van der Waals surface area contributed by atoms with Gasteiger partial charge >= 0.3 is 6.09 Å². The van der Waals surface area contributed by atoms with Crippen molar-refractivity contribution in [3.63, 3.8) is 0 Å². The largest absolute Gasteiger partial charge is 0.444 e. The molecule has 1 N–H and O–H groups in total. The van der Waals surface area contributed by atoms with E-state index in [1.807, 2.05) is 6.07 Å². The highest BCUT2D eigenvalue weighted by atomic mass is 16.6. The number of ketones is 1. The van der Waals surface area contributed by atoms with Crippen molar-refractivity contribution in [2.45, 2.75) is 32.8 Å². The van der Waals surface area contributed by atoms with E-state index in [4.69, 9.17) is 10.00 Å². The molecule has 1 aromatic carbocycles. The van der Waals surface area contributed by atoms with Crippen LogP contribution in [0, 0.1) is 11.3 Å². The van der Waals surface area contributed by atoms with Gasteiger partial charge in [0, 0.05) is 18.5 Å². The van der Waals surface area contributed by atoms with Gasteiger partial charge < -0.3 is 10.1 Å². The molecule has 0 unspecified atom stereocenters. The number of benzene rings is 1. The van der Waals surface area contributed by atoms with Gasteiger partial charge in [-0.3, -0.25) is 4.79 Å². The summed E-state index contributed by atoms with van der Waals surface area (Å²) in [6, 6.07) is 8.46. The number of carbonyl (C=O) groups excluding carboxylic acids is 2. The van der Waals surface area contributed by atoms with Crippen molar-refractivity contribution in [1.29, 1.82) is 5.26 Å². The number of alkyl carbamates (subject to hydrolysis) is 1. The minimum absolute atomic E-state index is 0.127. The lowest BCUT2D eigenvalue weighted by molar-refractivity contribution is 0.0527. The van der Waals surface area contributed by atoms with Gasteiger partial charge in [-0.2, -0.15) is 5.26 Å². The van der Waals surface area contributed by atoms with Crippen molar-refractivity contribution in [3.05, 3.63) is 35.4 Å². The Morgan fingerprint density at radius 1 is 1.35 bits per heavy atom. The third kappa shape index (κ3) is 5.53. The van der Waals surface area contributed by atoms with Gasteiger partial charge in [0.1, 0.15) is 5.60 Å². The summed E-state index contributed by atoms with van der Waals surface area (Å²) in [5.41, 5.74) is 0.348. The van der Waals surface area contributed by atoms with Gasteiger partial charge in [-0.15, -0.1) is 0 Å². The third-order valence-corrected chi connectivity index (χ3v) is 2.33. The minimum atomic E-state index is -0.560. The van der Waals surface area contributed by atoms with Crippen LogP contribution >= 0.6 is 0 Å². The molecule has 1 amide bonds. The van der Waals surface area contributed by atoms with Crippen molar-refractivity contribution < 1.29 is 14.3 Å². The SMILES string of the molecule is CC(C)(C)OC(=O)NCCC(=O)c1cccc(C#N)c1. The van der Waals surface area contributed by atoms with Crippen molar-refractivity contribution in [2.24, 2.45) is 0 Å². The molecule has 5 heteroatoms. The summed E-state index contributed by atoms with van der Waals surface area (Å²) in [5.74, 6) is -0.127. The maximum atomic E-state index is 11.9. The molecule has 0 aliphatic rings. The van der Waals surface area contributed by atoms with Crippen LogP contribution in [0.1, 0.15) is 43.1 Å². The fourth-order valence-electron chi connectivity index (χ4n) is 1.50. The van der Waals surface area contributed by atoms with Crippen LogP contribution in [0.4, 0.5) is 4.79 Å². The van der Waals surface area contributed by atoms with Crippen molar-refractivity contribution in [1.82, 2.24) is 5.32 Å². The standard InChI is InChI=1S/C15H18N2O3/c1-15(2,3)20-14(19)17-8-7-13(18)12-6-4-5-11(9-12)10-16/h4-6,9H,7-8H2,1-3H3,(H,17,19). The monoisotopic (exact) mass is 274 g/mol. The molecule has 0 aromatic heterocycles. The normalized spacial score (nSPS) is 10.5. The Morgan fingerprint density at radius 3 is 2.65 bits per heavy atom. The number of nitrogens with one attached hydrogen (secondary N) is 1. The fourth-order valence-corrected chi connectivity index (χ4v) is 1.50. The molecular weight excluding hydrogens is 256 g/mol. The molecule has 0 aliphatic carbocycles. The molecule has 0 atom stereocenters. The first-order chi connectivity index (χ1) is 9.31. The summed E-state index contributed by atoms with van der Waals surface area (Å²) in [5, 5.41) is 11.3. The van der Waals surface area contributed by atoms with Crippen LogP contribution < -0.4 is 5.32 Å². The first-order valence-corrected chi connectivity index (χ1v) is 6.32. The molecule has 106 valence electrons. The van der Waals surface area contributed by atoms with Gasteiger partial charge in [-0.05, 0) is 32.9 Å². The number of amides is 1. The average Bonchev–Trinajstić information content (AvgIpc) is 2.36. The Balaban J connectivity index is 2.44. The highest BCUT2D eigenvalue weighted by molar-refractivity contribution is 5.96. The topological polar surface area (TPSA) is 79.2 Å². The Hall–Kier alpha value is -2.35. The lowest BCUT2D eigenvalue weighted by Gasteiger charge is -2.19. The quantitative estimate of drug-likeness (QED) is 0.856. The van der Waals surface area contributed by atoms with Gasteiger partial charge in [-0.1, -0.05) is 12.1 Å². The van der Waals surface area contributed by atoms with Gasteiger partial charge in [0.2, 0.25) is 0 Å². The molecule has 5 nitrogen and oxygen atoms in total. The molecule has 0 heterocycles. The number of rotatable bonds is 4. The number of Topliss-reactive ketones (excluding diaryl/α,β-unsaturated/α-hetero) is 1. The maximum absolute atomic E-state index is 11.9. The van der Waals surface area contributed by atoms with Crippen molar-refractivity contribution in [3.8, 4) is 6.07 Å². The van der Waals surface area contributed by atoms with E-state index in [9.17, 15) is 9.59 Å². The van der Waals surface area contributed by atoms with E-state index in [0.717, 1.165) is 0 Å². The highest BCUT2D eigenvalue weighted by Crippen LogP contribution is 2.08. The van der Waals surface area contributed by atoms with Gasteiger partial charge in [-0.25, -0.2) is 4.79 Å². The van der Waals surface area contributed by atoms with E-state index in [-0.39, 0.29) is 18.7 Å². The summed E-state index contributed by atoms with van der Waals surface area (Å²) in [6.07, 6.45) is -0.384. The van der Waals surface area contributed by atoms with Crippen LogP contribution in [0.2, 0.25) is 0 Å². The second-order valence-corrected chi connectivity index (χ2v) is 5.29. The average molecular weight is 274 g/mol. The summed E-state index contributed by atoms with van der Waals surface area (Å²) >= 11 is 0. The maximum Gasteiger partial charge on any atom is 0.407 e. The highest BCUT2D eigenvalue weighted by Gasteiger charge is 2.16. The molecule has 1 rings (SSSR count). The lowest BCUT2D eigenvalue weighted by Crippen LogP contribution is -2.33. The second kappa shape index (κ2) is 6.71. The smallest absolute Gasteiger partial charge is 0.407 e. The molecule has 0 bridgehead atoms. The number of nitrogens with zero attached hydrogens (tertiary/aromatic N) is 1. The Labute approximate surface area is 118 Å². The molecule has 0 saturated carbocycles. The fraction of sp³-hybridized carbons (Fsp3) is 0.400. The van der Waals surface area contributed by atoms with Crippen LogP contribution in [0.5, 0.6) is 0 Å². The van der Waals surface area contributed by atoms with Crippen molar-refractivity contribution >= 4 is 11.9 Å². The first-order valence-electron chi connectivity index (χ1n) is 6.32. The predicted molar refractivity (Wildman–Crippen MR) is 74.3 cm³/mol. The zero-order valence-corrected chi connectivity index (χ0v) is 11.9. The van der Waals surface area contributed by atoms with E-state index in [1.165, 1.54) is 6.07 Å². The molecule has 0 saturated heterocycles. The predicted octanol–water partition coefficient (Wildman–Crippen LogP) is 2.66. The number of hydrogen-bond acceptors (Lipinski definition) is 4. The zero-order chi connectivity index (χ0) is 15.2. The van der Waals surface area contributed by atoms with Crippen LogP contribution in [-0.2, 0) is 4.74 Å². The molecular formula is C15H18N2O3. The van der Waals surface area contributed by atoms with Gasteiger partial charge in [0.05, 0.1) is 11.6 Å². The van der Waals surface area contributed by atoms with Crippen LogP contribution in [0.15, 0.2) is 24.3 Å². The van der Waals surface area contributed by atoms with E-state index < -0.39 is 11.7 Å². The molecule has 0 aliphatic heterocycles. The van der Waals surface area contributed by atoms with Crippen LogP contribution in [0.25, 0.3) is 0 Å². The Morgan fingerprint density at radius 2 is 2.05 bits per heavy atom. The van der Waals surface area contributed by atoms with Crippen LogP contribution in [0.3, 0.4) is 0 Å². The van der Waals surface area contributed by atoms with E-state index in [1.54, 1.807) is 39.0 Å². The third-order valence-electron chi connectivity index (χ3n) is 2.33. The van der Waals surface area contributed by atoms with E-state index >= 15 is 0 Å². The lowest BCUT2D eigenvalue weighted by atomic mass is 10.1.